The molecule has 2 fully saturated rings. The molecule has 1 atom stereocenters. The normalized spacial score (nSPS) is 27.2. The zero-order valence-corrected chi connectivity index (χ0v) is 8.95. The van der Waals surface area contributed by atoms with Crippen LogP contribution in [-0.2, 0) is 9.59 Å². The molecule has 2 N–H and O–H groups in total. The van der Waals surface area contributed by atoms with Crippen molar-refractivity contribution in [2.24, 2.45) is 11.7 Å². The largest absolute Gasteiger partial charge is 0.368 e. The highest BCUT2D eigenvalue weighted by atomic mass is 16.2. The lowest BCUT2D eigenvalue weighted by molar-refractivity contribution is -0.146. The summed E-state index contributed by atoms with van der Waals surface area (Å²) in [5.41, 5.74) is 5.32. The average Bonchev–Trinajstić information content (AvgIpc) is 2.15. The molecule has 2 aliphatic rings. The van der Waals surface area contributed by atoms with E-state index in [9.17, 15) is 9.59 Å². The third-order valence-corrected chi connectivity index (χ3v) is 3.57. The van der Waals surface area contributed by atoms with Crippen molar-refractivity contribution >= 4 is 11.8 Å². The van der Waals surface area contributed by atoms with E-state index in [0.29, 0.717) is 6.54 Å². The second kappa shape index (κ2) is 4.21. The molecule has 1 aliphatic heterocycles. The molecule has 1 heterocycles. The van der Waals surface area contributed by atoms with Crippen LogP contribution in [0.3, 0.4) is 0 Å². The van der Waals surface area contributed by atoms with Crippen molar-refractivity contribution in [1.82, 2.24) is 4.90 Å². The van der Waals surface area contributed by atoms with E-state index in [1.807, 2.05) is 0 Å². The Morgan fingerprint density at radius 3 is 2.33 bits per heavy atom. The Kier molecular flexibility index (Phi) is 2.93. The van der Waals surface area contributed by atoms with Crippen LogP contribution < -0.4 is 5.73 Å². The maximum atomic E-state index is 12.0. The smallest absolute Gasteiger partial charge is 0.240 e. The first-order valence-corrected chi connectivity index (χ1v) is 5.80. The molecule has 0 radical (unpaired) electrons. The van der Waals surface area contributed by atoms with Gasteiger partial charge in [0.05, 0.1) is 0 Å². The van der Waals surface area contributed by atoms with Gasteiger partial charge in [-0.1, -0.05) is 6.42 Å². The molecule has 1 saturated carbocycles. The van der Waals surface area contributed by atoms with Gasteiger partial charge >= 0.3 is 0 Å². The second-order valence-electron chi connectivity index (χ2n) is 4.57. The predicted octanol–water partition coefficient (Wildman–Crippen LogP) is 0.653. The van der Waals surface area contributed by atoms with Gasteiger partial charge in [-0.2, -0.15) is 0 Å². The summed E-state index contributed by atoms with van der Waals surface area (Å²) in [6.07, 6.45) is 5.87. The standard InChI is InChI=1S/C11H18N2O2/c12-10(14)9-6-1-2-7-13(9)11(15)8-4-3-5-8/h8-9H,1-7H2,(H2,12,14)/t9-/m1/s1. The van der Waals surface area contributed by atoms with Crippen molar-refractivity contribution in [2.45, 2.75) is 44.6 Å². The van der Waals surface area contributed by atoms with E-state index in [-0.39, 0.29) is 23.8 Å². The third-order valence-electron chi connectivity index (χ3n) is 3.57. The summed E-state index contributed by atoms with van der Waals surface area (Å²) in [5, 5.41) is 0. The van der Waals surface area contributed by atoms with E-state index in [2.05, 4.69) is 0 Å². The number of carbonyl (C=O) groups excluding carboxylic acids is 2. The highest BCUT2D eigenvalue weighted by Crippen LogP contribution is 2.30. The van der Waals surface area contributed by atoms with Gasteiger partial charge in [-0.15, -0.1) is 0 Å². The van der Waals surface area contributed by atoms with Crippen molar-refractivity contribution in [3.63, 3.8) is 0 Å². The molecule has 0 bridgehead atoms. The molecule has 0 aromatic rings. The fourth-order valence-electron chi connectivity index (χ4n) is 2.38. The van der Waals surface area contributed by atoms with Crippen LogP contribution in [0.15, 0.2) is 0 Å². The minimum Gasteiger partial charge on any atom is -0.368 e. The Hall–Kier alpha value is -1.06. The predicted molar refractivity (Wildman–Crippen MR) is 55.9 cm³/mol. The number of hydrogen-bond donors (Lipinski definition) is 1. The number of piperidine rings is 1. The van der Waals surface area contributed by atoms with Gasteiger partial charge in [0.2, 0.25) is 11.8 Å². The van der Waals surface area contributed by atoms with E-state index in [4.69, 9.17) is 5.73 Å². The van der Waals surface area contributed by atoms with Crippen molar-refractivity contribution in [1.29, 1.82) is 0 Å². The molecule has 84 valence electrons. The number of likely N-dealkylation sites (tertiary alicyclic amines) is 1. The van der Waals surface area contributed by atoms with Crippen LogP contribution in [0.2, 0.25) is 0 Å². The van der Waals surface area contributed by atoms with E-state index in [0.717, 1.165) is 38.5 Å². The summed E-state index contributed by atoms with van der Waals surface area (Å²) >= 11 is 0. The number of nitrogens with zero attached hydrogens (tertiary/aromatic N) is 1. The highest BCUT2D eigenvalue weighted by Gasteiger charge is 2.36. The molecule has 0 unspecified atom stereocenters. The van der Waals surface area contributed by atoms with E-state index in [1.54, 1.807) is 4.90 Å². The Balaban J connectivity index is 2.03. The van der Waals surface area contributed by atoms with Gasteiger partial charge in [0.1, 0.15) is 6.04 Å². The summed E-state index contributed by atoms with van der Waals surface area (Å²) in [6.45, 7) is 0.711. The first kappa shape index (κ1) is 10.5. The van der Waals surface area contributed by atoms with Crippen molar-refractivity contribution in [3.05, 3.63) is 0 Å². The maximum absolute atomic E-state index is 12.0. The minimum absolute atomic E-state index is 0.157. The summed E-state index contributed by atoms with van der Waals surface area (Å²) in [7, 11) is 0. The van der Waals surface area contributed by atoms with Gasteiger partial charge in [-0.25, -0.2) is 0 Å². The Bertz CT molecular complexity index is 274. The number of rotatable bonds is 2. The molecule has 1 saturated heterocycles. The summed E-state index contributed by atoms with van der Waals surface area (Å²) in [6, 6.07) is -0.341. The molecule has 0 aromatic heterocycles. The van der Waals surface area contributed by atoms with Crippen LogP contribution in [0.25, 0.3) is 0 Å². The van der Waals surface area contributed by atoms with Crippen LogP contribution in [0, 0.1) is 5.92 Å². The first-order chi connectivity index (χ1) is 7.20. The lowest BCUT2D eigenvalue weighted by Crippen LogP contribution is -2.53. The molecule has 4 nitrogen and oxygen atoms in total. The van der Waals surface area contributed by atoms with Crippen LogP contribution in [-0.4, -0.2) is 29.3 Å². The Labute approximate surface area is 89.8 Å². The molecule has 2 rings (SSSR count). The fraction of sp³-hybridized carbons (Fsp3) is 0.818. The van der Waals surface area contributed by atoms with Gasteiger partial charge in [0.15, 0.2) is 0 Å². The number of amides is 2. The lowest BCUT2D eigenvalue weighted by atomic mass is 9.83. The topological polar surface area (TPSA) is 63.4 Å². The summed E-state index contributed by atoms with van der Waals surface area (Å²) in [4.78, 5) is 25.0. The number of primary amides is 1. The SMILES string of the molecule is NC(=O)[C@H]1CCCCN1C(=O)C1CCC1. The lowest BCUT2D eigenvalue weighted by Gasteiger charge is -2.38. The second-order valence-corrected chi connectivity index (χ2v) is 4.57. The van der Waals surface area contributed by atoms with Crippen LogP contribution >= 0.6 is 0 Å². The minimum atomic E-state index is -0.345. The van der Waals surface area contributed by atoms with Crippen molar-refractivity contribution in [2.75, 3.05) is 6.54 Å². The maximum Gasteiger partial charge on any atom is 0.240 e. The van der Waals surface area contributed by atoms with Crippen LogP contribution in [0.4, 0.5) is 0 Å². The highest BCUT2D eigenvalue weighted by molar-refractivity contribution is 5.88. The van der Waals surface area contributed by atoms with Gasteiger partial charge < -0.3 is 10.6 Å². The Morgan fingerprint density at radius 2 is 1.80 bits per heavy atom. The zero-order chi connectivity index (χ0) is 10.8. The average molecular weight is 210 g/mol. The van der Waals surface area contributed by atoms with E-state index < -0.39 is 0 Å². The van der Waals surface area contributed by atoms with Gasteiger partial charge in [-0.3, -0.25) is 9.59 Å². The number of hydrogen-bond acceptors (Lipinski definition) is 2. The van der Waals surface area contributed by atoms with Crippen LogP contribution in [0.1, 0.15) is 38.5 Å². The fourth-order valence-corrected chi connectivity index (χ4v) is 2.38. The molecule has 2 amide bonds. The summed E-state index contributed by atoms with van der Waals surface area (Å²) < 4.78 is 0. The quantitative estimate of drug-likeness (QED) is 0.727. The molecular weight excluding hydrogens is 192 g/mol. The monoisotopic (exact) mass is 210 g/mol. The van der Waals surface area contributed by atoms with E-state index in [1.165, 1.54) is 0 Å². The number of carbonyl (C=O) groups is 2. The zero-order valence-electron chi connectivity index (χ0n) is 8.95. The Morgan fingerprint density at radius 1 is 1.07 bits per heavy atom. The molecular formula is C11H18N2O2. The summed E-state index contributed by atoms with van der Waals surface area (Å²) in [5.74, 6) is -0.0166. The molecule has 15 heavy (non-hydrogen) atoms. The van der Waals surface area contributed by atoms with Crippen LogP contribution in [0.5, 0.6) is 0 Å². The molecule has 4 heteroatoms. The molecule has 0 aromatic carbocycles. The van der Waals surface area contributed by atoms with E-state index >= 15 is 0 Å². The van der Waals surface area contributed by atoms with Gasteiger partial charge in [0, 0.05) is 12.5 Å². The molecule has 1 aliphatic carbocycles. The van der Waals surface area contributed by atoms with Gasteiger partial charge in [0.25, 0.3) is 0 Å². The van der Waals surface area contributed by atoms with Crippen molar-refractivity contribution in [3.8, 4) is 0 Å². The van der Waals surface area contributed by atoms with Crippen molar-refractivity contribution < 1.29 is 9.59 Å². The number of nitrogens with two attached hydrogens (primary N) is 1. The van der Waals surface area contributed by atoms with Gasteiger partial charge in [-0.05, 0) is 32.1 Å². The third kappa shape index (κ3) is 1.98. The molecule has 0 spiro atoms. The first-order valence-electron chi connectivity index (χ1n) is 5.80.